The Balaban J connectivity index is 2.44. The van der Waals surface area contributed by atoms with Crippen molar-refractivity contribution in [1.82, 2.24) is 9.78 Å². The van der Waals surface area contributed by atoms with Crippen LogP contribution in [0.2, 0.25) is 0 Å². The van der Waals surface area contributed by atoms with Gasteiger partial charge in [0.2, 0.25) is 0 Å². The molecule has 3 nitrogen and oxygen atoms in total. The Kier molecular flexibility index (Phi) is 5.36. The van der Waals surface area contributed by atoms with Crippen molar-refractivity contribution in [3.8, 4) is 0 Å². The molecule has 0 saturated carbocycles. The van der Waals surface area contributed by atoms with Crippen molar-refractivity contribution >= 4 is 5.82 Å². The molecule has 2 N–H and O–H groups in total. The lowest BCUT2D eigenvalue weighted by molar-refractivity contribution is 0.621. The van der Waals surface area contributed by atoms with Crippen LogP contribution in [0.5, 0.6) is 0 Å². The van der Waals surface area contributed by atoms with Gasteiger partial charge in [0.1, 0.15) is 5.82 Å². The smallest absolute Gasteiger partial charge is 0.124 e. The highest BCUT2D eigenvalue weighted by atomic mass is 15.3. The summed E-state index contributed by atoms with van der Waals surface area (Å²) in [5.74, 6) is 0.839. The van der Waals surface area contributed by atoms with Crippen LogP contribution in [-0.2, 0) is 19.9 Å². The van der Waals surface area contributed by atoms with E-state index in [1.807, 2.05) is 7.05 Å². The van der Waals surface area contributed by atoms with Gasteiger partial charge in [-0.25, -0.2) is 0 Å². The molecule has 16 heavy (non-hydrogen) atoms. The Morgan fingerprint density at radius 3 is 2.44 bits per heavy atom. The summed E-state index contributed by atoms with van der Waals surface area (Å²) < 4.78 is 1.81. The number of unbranched alkanes of at least 4 members (excludes halogenated alkanes) is 4. The Hall–Kier alpha value is -0.990. The minimum absolute atomic E-state index is 0.839. The van der Waals surface area contributed by atoms with Crippen LogP contribution < -0.4 is 5.73 Å². The number of nitrogen functional groups attached to an aromatic ring is 1. The van der Waals surface area contributed by atoms with E-state index in [9.17, 15) is 0 Å². The normalized spacial score (nSPS) is 10.9. The maximum Gasteiger partial charge on any atom is 0.124 e. The molecule has 1 rings (SSSR count). The molecule has 0 unspecified atom stereocenters. The summed E-state index contributed by atoms with van der Waals surface area (Å²) >= 11 is 0. The SMILES string of the molecule is CCCCCCCc1nn(C)c(N)c1CC. The van der Waals surface area contributed by atoms with Crippen LogP contribution in [0.4, 0.5) is 5.82 Å². The maximum absolute atomic E-state index is 5.97. The molecule has 1 aromatic heterocycles. The van der Waals surface area contributed by atoms with Gasteiger partial charge in [-0.3, -0.25) is 4.68 Å². The van der Waals surface area contributed by atoms with E-state index in [1.165, 1.54) is 43.4 Å². The monoisotopic (exact) mass is 223 g/mol. The molecular weight excluding hydrogens is 198 g/mol. The number of nitrogens with zero attached hydrogens (tertiary/aromatic N) is 2. The standard InChI is InChI=1S/C13H25N3/c1-4-6-7-8-9-10-12-11(5-2)13(14)16(3)15-12/h4-10,14H2,1-3H3. The molecule has 0 fully saturated rings. The van der Waals surface area contributed by atoms with E-state index < -0.39 is 0 Å². The fourth-order valence-electron chi connectivity index (χ4n) is 2.12. The average Bonchev–Trinajstić information content (AvgIpc) is 2.54. The van der Waals surface area contributed by atoms with Crippen LogP contribution in [-0.4, -0.2) is 9.78 Å². The zero-order valence-corrected chi connectivity index (χ0v) is 10.9. The van der Waals surface area contributed by atoms with E-state index in [0.29, 0.717) is 0 Å². The second kappa shape index (κ2) is 6.56. The Morgan fingerprint density at radius 2 is 1.81 bits per heavy atom. The number of aryl methyl sites for hydroxylation is 2. The Bertz CT molecular complexity index is 315. The second-order valence-electron chi connectivity index (χ2n) is 4.45. The highest BCUT2D eigenvalue weighted by Gasteiger charge is 2.10. The maximum atomic E-state index is 5.97. The van der Waals surface area contributed by atoms with Crippen molar-refractivity contribution in [2.45, 2.75) is 58.8 Å². The quantitative estimate of drug-likeness (QED) is 0.722. The summed E-state index contributed by atoms with van der Waals surface area (Å²) in [6.45, 7) is 4.39. The van der Waals surface area contributed by atoms with Gasteiger partial charge in [0.15, 0.2) is 0 Å². The van der Waals surface area contributed by atoms with E-state index >= 15 is 0 Å². The molecule has 3 heteroatoms. The number of aromatic nitrogens is 2. The Morgan fingerprint density at radius 1 is 1.12 bits per heavy atom. The van der Waals surface area contributed by atoms with Gasteiger partial charge < -0.3 is 5.73 Å². The summed E-state index contributed by atoms with van der Waals surface area (Å²) in [6, 6.07) is 0. The minimum atomic E-state index is 0.839. The predicted octanol–water partition coefficient (Wildman–Crippen LogP) is 3.08. The first-order chi connectivity index (χ1) is 7.70. The molecule has 0 radical (unpaired) electrons. The van der Waals surface area contributed by atoms with Crippen molar-refractivity contribution in [2.24, 2.45) is 7.05 Å². The summed E-state index contributed by atoms with van der Waals surface area (Å²) in [5, 5.41) is 4.49. The van der Waals surface area contributed by atoms with Crippen LogP contribution in [0.25, 0.3) is 0 Å². The zero-order valence-electron chi connectivity index (χ0n) is 10.9. The topological polar surface area (TPSA) is 43.8 Å². The molecular formula is C13H25N3. The molecule has 92 valence electrons. The lowest BCUT2D eigenvalue weighted by Crippen LogP contribution is -1.98. The number of hydrogen-bond acceptors (Lipinski definition) is 2. The fourth-order valence-corrected chi connectivity index (χ4v) is 2.12. The number of hydrogen-bond donors (Lipinski definition) is 1. The van der Waals surface area contributed by atoms with Gasteiger partial charge in [-0.15, -0.1) is 0 Å². The minimum Gasteiger partial charge on any atom is -0.384 e. The van der Waals surface area contributed by atoms with Gasteiger partial charge in [-0.1, -0.05) is 39.5 Å². The molecule has 0 bridgehead atoms. The van der Waals surface area contributed by atoms with E-state index in [0.717, 1.165) is 18.7 Å². The molecule has 0 atom stereocenters. The van der Waals surface area contributed by atoms with Crippen LogP contribution >= 0.6 is 0 Å². The second-order valence-corrected chi connectivity index (χ2v) is 4.45. The third-order valence-corrected chi connectivity index (χ3v) is 3.15. The number of rotatable bonds is 7. The van der Waals surface area contributed by atoms with Crippen molar-refractivity contribution in [3.63, 3.8) is 0 Å². The number of anilines is 1. The molecule has 0 aliphatic carbocycles. The van der Waals surface area contributed by atoms with Crippen molar-refractivity contribution in [1.29, 1.82) is 0 Å². The molecule has 0 aliphatic heterocycles. The summed E-state index contributed by atoms with van der Waals surface area (Å²) in [6.07, 6.45) is 8.63. The van der Waals surface area contributed by atoms with E-state index in [2.05, 4.69) is 18.9 Å². The Labute approximate surface area is 99.0 Å². The first kappa shape index (κ1) is 13.1. The lowest BCUT2D eigenvalue weighted by atomic mass is 10.1. The number of nitrogens with two attached hydrogens (primary N) is 1. The fraction of sp³-hybridized carbons (Fsp3) is 0.769. The summed E-state index contributed by atoms with van der Waals surface area (Å²) in [7, 11) is 1.93. The van der Waals surface area contributed by atoms with Crippen LogP contribution in [0.1, 0.15) is 57.2 Å². The van der Waals surface area contributed by atoms with Crippen LogP contribution in [0.3, 0.4) is 0 Å². The van der Waals surface area contributed by atoms with Crippen LogP contribution in [0.15, 0.2) is 0 Å². The first-order valence-electron chi connectivity index (χ1n) is 6.50. The van der Waals surface area contributed by atoms with Gasteiger partial charge in [0.05, 0.1) is 5.69 Å². The molecule has 0 amide bonds. The van der Waals surface area contributed by atoms with Crippen molar-refractivity contribution < 1.29 is 0 Å². The molecule has 0 spiro atoms. The molecule has 1 aromatic rings. The van der Waals surface area contributed by atoms with Gasteiger partial charge >= 0.3 is 0 Å². The summed E-state index contributed by atoms with van der Waals surface area (Å²) in [4.78, 5) is 0. The van der Waals surface area contributed by atoms with Crippen molar-refractivity contribution in [3.05, 3.63) is 11.3 Å². The molecule has 0 aliphatic rings. The van der Waals surface area contributed by atoms with E-state index in [4.69, 9.17) is 5.73 Å². The van der Waals surface area contributed by atoms with E-state index in [-0.39, 0.29) is 0 Å². The van der Waals surface area contributed by atoms with Gasteiger partial charge in [-0.2, -0.15) is 5.10 Å². The van der Waals surface area contributed by atoms with Crippen molar-refractivity contribution in [2.75, 3.05) is 5.73 Å². The largest absolute Gasteiger partial charge is 0.384 e. The van der Waals surface area contributed by atoms with Gasteiger partial charge in [0, 0.05) is 12.6 Å². The molecule has 0 aromatic carbocycles. The highest BCUT2D eigenvalue weighted by molar-refractivity contribution is 5.43. The lowest BCUT2D eigenvalue weighted by Gasteiger charge is -2.01. The summed E-state index contributed by atoms with van der Waals surface area (Å²) in [5.41, 5.74) is 8.42. The molecule has 1 heterocycles. The third kappa shape index (κ3) is 3.26. The van der Waals surface area contributed by atoms with E-state index in [1.54, 1.807) is 4.68 Å². The average molecular weight is 223 g/mol. The highest BCUT2D eigenvalue weighted by Crippen LogP contribution is 2.18. The van der Waals surface area contributed by atoms with Crippen LogP contribution in [0, 0.1) is 0 Å². The van der Waals surface area contributed by atoms with Gasteiger partial charge in [-0.05, 0) is 19.3 Å². The zero-order chi connectivity index (χ0) is 12.0. The predicted molar refractivity (Wildman–Crippen MR) is 69.5 cm³/mol. The van der Waals surface area contributed by atoms with Gasteiger partial charge in [0.25, 0.3) is 0 Å². The third-order valence-electron chi connectivity index (χ3n) is 3.15. The molecule has 0 saturated heterocycles. The first-order valence-corrected chi connectivity index (χ1v) is 6.50.